The minimum Gasteiger partial charge on any atom is -0.368 e. The summed E-state index contributed by atoms with van der Waals surface area (Å²) in [6, 6.07) is 0.287. The maximum absolute atomic E-state index is 5.66. The van der Waals surface area contributed by atoms with E-state index in [1.54, 1.807) is 11.8 Å². The molecule has 13 heavy (non-hydrogen) atoms. The fourth-order valence-electron chi connectivity index (χ4n) is 1.02. The van der Waals surface area contributed by atoms with Crippen molar-refractivity contribution in [3.8, 4) is 0 Å². The van der Waals surface area contributed by atoms with Gasteiger partial charge >= 0.3 is 0 Å². The Morgan fingerprint density at radius 1 is 1.46 bits per heavy atom. The van der Waals surface area contributed by atoms with Crippen LogP contribution in [0.5, 0.6) is 0 Å². The van der Waals surface area contributed by atoms with Gasteiger partial charge in [0.15, 0.2) is 5.16 Å². The van der Waals surface area contributed by atoms with Crippen LogP contribution in [-0.2, 0) is 0 Å². The quantitative estimate of drug-likeness (QED) is 0.693. The van der Waals surface area contributed by atoms with E-state index in [1.807, 2.05) is 18.4 Å². The summed E-state index contributed by atoms with van der Waals surface area (Å²) in [5, 5.41) is 8.64. The van der Waals surface area contributed by atoms with Gasteiger partial charge < -0.3 is 11.5 Å². The van der Waals surface area contributed by atoms with Crippen molar-refractivity contribution in [1.82, 2.24) is 14.8 Å². The molecule has 0 fully saturated rings. The number of rotatable bonds is 4. The number of nitrogens with two attached hydrogens (primary N) is 2. The molecule has 0 amide bonds. The van der Waals surface area contributed by atoms with E-state index in [0.29, 0.717) is 12.5 Å². The van der Waals surface area contributed by atoms with Crippen LogP contribution in [0.25, 0.3) is 0 Å². The molecule has 0 saturated carbocycles. The second-order valence-electron chi connectivity index (χ2n) is 2.94. The first-order valence-electron chi connectivity index (χ1n) is 4.20. The Morgan fingerprint density at radius 3 is 2.69 bits per heavy atom. The summed E-state index contributed by atoms with van der Waals surface area (Å²) in [7, 11) is 0. The molecule has 0 radical (unpaired) electrons. The molecule has 0 spiro atoms. The number of hydrogen-bond acceptors (Lipinski definition) is 5. The average Bonchev–Trinajstić information content (AvgIpc) is 2.43. The molecule has 1 aromatic rings. The van der Waals surface area contributed by atoms with Gasteiger partial charge in [-0.05, 0) is 13.8 Å². The first-order valence-corrected chi connectivity index (χ1v) is 5.18. The van der Waals surface area contributed by atoms with Crippen molar-refractivity contribution in [3.63, 3.8) is 0 Å². The van der Waals surface area contributed by atoms with E-state index in [0.717, 1.165) is 10.9 Å². The number of anilines is 1. The Kier molecular flexibility index (Phi) is 3.56. The summed E-state index contributed by atoms with van der Waals surface area (Å²) in [6.07, 6.45) is 0. The SMILES string of the molecule is CC(C)n1c(N)nnc1SCCN. The lowest BCUT2D eigenvalue weighted by Crippen LogP contribution is -2.08. The van der Waals surface area contributed by atoms with Crippen LogP contribution >= 0.6 is 11.8 Å². The summed E-state index contributed by atoms with van der Waals surface area (Å²) < 4.78 is 1.90. The van der Waals surface area contributed by atoms with Gasteiger partial charge in [0.1, 0.15) is 0 Å². The molecule has 0 unspecified atom stereocenters. The third-order valence-electron chi connectivity index (χ3n) is 1.56. The fourth-order valence-corrected chi connectivity index (χ4v) is 1.86. The number of nitrogens with zero attached hydrogens (tertiary/aromatic N) is 3. The highest BCUT2D eigenvalue weighted by Crippen LogP contribution is 2.21. The lowest BCUT2D eigenvalue weighted by Gasteiger charge is -2.10. The molecule has 5 nitrogen and oxygen atoms in total. The fraction of sp³-hybridized carbons (Fsp3) is 0.714. The molecule has 0 aliphatic rings. The van der Waals surface area contributed by atoms with Gasteiger partial charge in [0.2, 0.25) is 5.95 Å². The molecule has 0 aliphatic heterocycles. The number of aromatic nitrogens is 3. The third kappa shape index (κ3) is 2.35. The van der Waals surface area contributed by atoms with Gasteiger partial charge in [0.25, 0.3) is 0 Å². The van der Waals surface area contributed by atoms with Gasteiger partial charge in [-0.15, -0.1) is 10.2 Å². The Labute approximate surface area is 81.9 Å². The highest BCUT2D eigenvalue weighted by molar-refractivity contribution is 7.99. The van der Waals surface area contributed by atoms with Crippen LogP contribution in [0.4, 0.5) is 5.95 Å². The zero-order valence-corrected chi connectivity index (χ0v) is 8.71. The van der Waals surface area contributed by atoms with Crippen LogP contribution in [0.15, 0.2) is 5.16 Å². The summed E-state index contributed by atoms with van der Waals surface area (Å²) in [5.74, 6) is 1.31. The maximum Gasteiger partial charge on any atom is 0.222 e. The van der Waals surface area contributed by atoms with Crippen LogP contribution in [-0.4, -0.2) is 27.1 Å². The molecule has 0 aliphatic carbocycles. The van der Waals surface area contributed by atoms with E-state index >= 15 is 0 Å². The van der Waals surface area contributed by atoms with Crippen molar-refractivity contribution in [2.24, 2.45) is 5.73 Å². The Balaban J connectivity index is 2.81. The Morgan fingerprint density at radius 2 is 2.15 bits per heavy atom. The van der Waals surface area contributed by atoms with Crippen molar-refractivity contribution in [2.75, 3.05) is 18.0 Å². The Bertz CT molecular complexity index is 270. The van der Waals surface area contributed by atoms with Crippen LogP contribution in [0.3, 0.4) is 0 Å². The predicted molar refractivity (Wildman–Crippen MR) is 54.6 cm³/mol. The van der Waals surface area contributed by atoms with Crippen molar-refractivity contribution in [1.29, 1.82) is 0 Å². The van der Waals surface area contributed by atoms with E-state index in [2.05, 4.69) is 10.2 Å². The van der Waals surface area contributed by atoms with Crippen LogP contribution in [0.2, 0.25) is 0 Å². The minimum absolute atomic E-state index is 0.287. The van der Waals surface area contributed by atoms with E-state index < -0.39 is 0 Å². The molecular weight excluding hydrogens is 186 g/mol. The second-order valence-corrected chi connectivity index (χ2v) is 4.00. The molecule has 1 rings (SSSR count). The zero-order chi connectivity index (χ0) is 9.84. The predicted octanol–water partition coefficient (Wildman–Crippen LogP) is 0.492. The first-order chi connectivity index (χ1) is 6.16. The monoisotopic (exact) mass is 201 g/mol. The standard InChI is InChI=1S/C7H15N5S/c1-5(2)12-6(9)10-11-7(12)13-4-3-8/h5H,3-4,8H2,1-2H3,(H2,9,10). The highest BCUT2D eigenvalue weighted by Gasteiger charge is 2.11. The van der Waals surface area contributed by atoms with Crippen molar-refractivity contribution in [2.45, 2.75) is 25.0 Å². The molecule has 74 valence electrons. The smallest absolute Gasteiger partial charge is 0.222 e. The molecule has 0 saturated heterocycles. The van der Waals surface area contributed by atoms with E-state index in [-0.39, 0.29) is 6.04 Å². The van der Waals surface area contributed by atoms with E-state index in [1.165, 1.54) is 0 Å². The second kappa shape index (κ2) is 4.48. The minimum atomic E-state index is 0.287. The van der Waals surface area contributed by atoms with Crippen LogP contribution < -0.4 is 11.5 Å². The molecule has 1 heterocycles. The highest BCUT2D eigenvalue weighted by atomic mass is 32.2. The van der Waals surface area contributed by atoms with Crippen LogP contribution in [0, 0.1) is 0 Å². The summed E-state index contributed by atoms with van der Waals surface area (Å²) in [5.41, 5.74) is 11.1. The Hall–Kier alpha value is -0.750. The number of nitrogen functional groups attached to an aromatic ring is 1. The first kappa shape index (κ1) is 10.3. The summed E-state index contributed by atoms with van der Waals surface area (Å²) in [4.78, 5) is 0. The molecule has 4 N–H and O–H groups in total. The molecule has 0 aromatic carbocycles. The number of thioether (sulfide) groups is 1. The molecule has 1 aromatic heterocycles. The van der Waals surface area contributed by atoms with Gasteiger partial charge in [0, 0.05) is 18.3 Å². The lowest BCUT2D eigenvalue weighted by molar-refractivity contribution is 0.557. The van der Waals surface area contributed by atoms with Crippen molar-refractivity contribution >= 4 is 17.7 Å². The van der Waals surface area contributed by atoms with Crippen molar-refractivity contribution < 1.29 is 0 Å². The van der Waals surface area contributed by atoms with E-state index in [9.17, 15) is 0 Å². The van der Waals surface area contributed by atoms with Gasteiger partial charge in [-0.25, -0.2) is 0 Å². The normalized spacial score (nSPS) is 11.1. The van der Waals surface area contributed by atoms with Crippen LogP contribution in [0.1, 0.15) is 19.9 Å². The van der Waals surface area contributed by atoms with Crippen molar-refractivity contribution in [3.05, 3.63) is 0 Å². The molecule has 6 heteroatoms. The molecule has 0 atom stereocenters. The molecule has 0 bridgehead atoms. The van der Waals surface area contributed by atoms with E-state index in [4.69, 9.17) is 11.5 Å². The topological polar surface area (TPSA) is 82.8 Å². The van der Waals surface area contributed by atoms with Gasteiger partial charge in [-0.1, -0.05) is 11.8 Å². The lowest BCUT2D eigenvalue weighted by atomic mass is 10.4. The van der Waals surface area contributed by atoms with Gasteiger partial charge in [-0.3, -0.25) is 4.57 Å². The van der Waals surface area contributed by atoms with Gasteiger partial charge in [0.05, 0.1) is 0 Å². The third-order valence-corrected chi connectivity index (χ3v) is 2.53. The van der Waals surface area contributed by atoms with Gasteiger partial charge in [-0.2, -0.15) is 0 Å². The summed E-state index contributed by atoms with van der Waals surface area (Å²) >= 11 is 1.58. The maximum atomic E-state index is 5.66. The largest absolute Gasteiger partial charge is 0.368 e. The molecular formula is C7H15N5S. The number of hydrogen-bond donors (Lipinski definition) is 2. The zero-order valence-electron chi connectivity index (χ0n) is 7.90. The average molecular weight is 201 g/mol. The summed E-state index contributed by atoms with van der Waals surface area (Å²) in [6.45, 7) is 4.73.